The summed E-state index contributed by atoms with van der Waals surface area (Å²) in [6.07, 6.45) is 3.01. The summed E-state index contributed by atoms with van der Waals surface area (Å²) >= 11 is 1.15. The summed E-state index contributed by atoms with van der Waals surface area (Å²) in [5.41, 5.74) is 1.50. The van der Waals surface area contributed by atoms with Gasteiger partial charge in [0.05, 0.1) is 5.75 Å². The van der Waals surface area contributed by atoms with Crippen LogP contribution in [0.3, 0.4) is 0 Å². The Morgan fingerprint density at radius 1 is 1.06 bits per heavy atom. The number of amides is 1. The SMILES string of the molecule is CCCCCNC(=O)COC(=O)CSc1nnc(-c2ccc(F)cc2)n1-c1ccccc1. The van der Waals surface area contributed by atoms with Crippen LogP contribution in [0.2, 0.25) is 0 Å². The van der Waals surface area contributed by atoms with Gasteiger partial charge in [-0.3, -0.25) is 14.2 Å². The highest BCUT2D eigenvalue weighted by Crippen LogP contribution is 2.28. The molecule has 1 aromatic heterocycles. The molecular weight excluding hydrogens is 431 g/mol. The van der Waals surface area contributed by atoms with Gasteiger partial charge in [-0.2, -0.15) is 0 Å². The van der Waals surface area contributed by atoms with E-state index in [1.165, 1.54) is 12.1 Å². The highest BCUT2D eigenvalue weighted by atomic mass is 32.2. The van der Waals surface area contributed by atoms with Crippen LogP contribution < -0.4 is 5.32 Å². The van der Waals surface area contributed by atoms with Crippen LogP contribution in [0.1, 0.15) is 26.2 Å². The van der Waals surface area contributed by atoms with Crippen LogP contribution in [-0.4, -0.2) is 45.5 Å². The third-order valence-corrected chi connectivity index (χ3v) is 5.44. The minimum Gasteiger partial charge on any atom is -0.455 e. The van der Waals surface area contributed by atoms with Crippen molar-refractivity contribution in [2.24, 2.45) is 0 Å². The molecule has 0 bridgehead atoms. The lowest BCUT2D eigenvalue weighted by atomic mass is 10.2. The lowest BCUT2D eigenvalue weighted by Gasteiger charge is -2.10. The maximum absolute atomic E-state index is 13.3. The second-order valence-electron chi connectivity index (χ2n) is 6.99. The highest BCUT2D eigenvalue weighted by Gasteiger charge is 2.18. The summed E-state index contributed by atoms with van der Waals surface area (Å²) in [5.74, 6) is -0.683. The molecule has 0 atom stereocenters. The summed E-state index contributed by atoms with van der Waals surface area (Å²) < 4.78 is 20.2. The molecule has 0 spiro atoms. The number of nitrogens with zero attached hydrogens (tertiary/aromatic N) is 3. The second kappa shape index (κ2) is 12.0. The molecule has 0 aliphatic rings. The number of halogens is 1. The number of carbonyl (C=O) groups excluding carboxylic acids is 2. The number of rotatable bonds is 11. The number of hydrogen-bond acceptors (Lipinski definition) is 6. The number of unbranched alkanes of at least 4 members (excludes halogenated alkanes) is 2. The summed E-state index contributed by atoms with van der Waals surface area (Å²) in [5, 5.41) is 11.7. The molecule has 3 rings (SSSR count). The Kier molecular flexibility index (Phi) is 8.79. The first-order chi connectivity index (χ1) is 15.6. The largest absolute Gasteiger partial charge is 0.455 e. The molecule has 0 aliphatic heterocycles. The molecule has 1 N–H and O–H groups in total. The summed E-state index contributed by atoms with van der Waals surface area (Å²) in [6, 6.07) is 15.4. The molecule has 7 nitrogen and oxygen atoms in total. The summed E-state index contributed by atoms with van der Waals surface area (Å²) in [6.45, 7) is 2.35. The zero-order valence-electron chi connectivity index (χ0n) is 17.8. The number of aromatic nitrogens is 3. The molecule has 168 valence electrons. The third kappa shape index (κ3) is 6.65. The molecule has 0 radical (unpaired) electrons. The number of nitrogens with one attached hydrogen (secondary N) is 1. The van der Waals surface area contributed by atoms with Gasteiger partial charge in [0.25, 0.3) is 5.91 Å². The first-order valence-electron chi connectivity index (χ1n) is 10.4. The van der Waals surface area contributed by atoms with Gasteiger partial charge in [0.1, 0.15) is 5.82 Å². The molecule has 0 aliphatic carbocycles. The van der Waals surface area contributed by atoms with Crippen molar-refractivity contribution in [2.45, 2.75) is 31.3 Å². The lowest BCUT2D eigenvalue weighted by Crippen LogP contribution is -2.29. The van der Waals surface area contributed by atoms with Gasteiger partial charge in [-0.1, -0.05) is 49.7 Å². The average Bonchev–Trinajstić information content (AvgIpc) is 3.24. The van der Waals surface area contributed by atoms with E-state index in [-0.39, 0.29) is 24.1 Å². The van der Waals surface area contributed by atoms with Crippen molar-refractivity contribution in [2.75, 3.05) is 18.9 Å². The van der Waals surface area contributed by atoms with Crippen molar-refractivity contribution < 1.29 is 18.7 Å². The van der Waals surface area contributed by atoms with E-state index >= 15 is 0 Å². The maximum atomic E-state index is 13.3. The van der Waals surface area contributed by atoms with E-state index in [2.05, 4.69) is 22.4 Å². The molecule has 32 heavy (non-hydrogen) atoms. The van der Waals surface area contributed by atoms with E-state index in [9.17, 15) is 14.0 Å². The number of para-hydroxylation sites is 1. The van der Waals surface area contributed by atoms with Gasteiger partial charge in [-0.15, -0.1) is 10.2 Å². The lowest BCUT2D eigenvalue weighted by molar-refractivity contribution is -0.145. The van der Waals surface area contributed by atoms with Crippen LogP contribution in [0, 0.1) is 5.82 Å². The second-order valence-corrected chi connectivity index (χ2v) is 7.93. The van der Waals surface area contributed by atoms with Crippen LogP contribution in [0.25, 0.3) is 17.1 Å². The van der Waals surface area contributed by atoms with E-state index < -0.39 is 5.97 Å². The zero-order chi connectivity index (χ0) is 22.8. The average molecular weight is 457 g/mol. The van der Waals surface area contributed by atoms with E-state index in [1.807, 2.05) is 30.3 Å². The fourth-order valence-corrected chi connectivity index (χ4v) is 3.67. The first-order valence-corrected chi connectivity index (χ1v) is 11.4. The zero-order valence-corrected chi connectivity index (χ0v) is 18.6. The molecule has 0 saturated heterocycles. The Morgan fingerprint density at radius 2 is 1.81 bits per heavy atom. The number of ether oxygens (including phenoxy) is 1. The Bertz CT molecular complexity index is 1030. The van der Waals surface area contributed by atoms with Crippen LogP contribution in [0.5, 0.6) is 0 Å². The number of esters is 1. The van der Waals surface area contributed by atoms with Gasteiger partial charge < -0.3 is 10.1 Å². The predicted octanol–water partition coefficient (Wildman–Crippen LogP) is 4.02. The van der Waals surface area contributed by atoms with Crippen molar-refractivity contribution in [3.8, 4) is 17.1 Å². The standard InChI is InChI=1S/C23H25FN4O3S/c1-2-3-7-14-25-20(29)15-31-21(30)16-32-23-27-26-22(17-10-12-18(24)13-11-17)28(23)19-8-5-4-6-9-19/h4-6,8-13H,2-3,7,14-16H2,1H3,(H,25,29). The van der Waals surface area contributed by atoms with E-state index in [0.29, 0.717) is 23.1 Å². The molecule has 1 amide bonds. The summed E-state index contributed by atoms with van der Waals surface area (Å²) in [7, 11) is 0. The normalized spacial score (nSPS) is 10.7. The fraction of sp³-hybridized carbons (Fsp3) is 0.304. The summed E-state index contributed by atoms with van der Waals surface area (Å²) in [4.78, 5) is 23.9. The van der Waals surface area contributed by atoms with Gasteiger partial charge in [-0.05, 0) is 42.8 Å². The van der Waals surface area contributed by atoms with Crippen LogP contribution in [0.4, 0.5) is 4.39 Å². The number of hydrogen-bond donors (Lipinski definition) is 1. The topological polar surface area (TPSA) is 86.1 Å². The fourth-order valence-electron chi connectivity index (χ4n) is 2.92. The number of thioether (sulfide) groups is 1. The molecule has 0 saturated carbocycles. The number of carbonyl (C=O) groups is 2. The van der Waals surface area contributed by atoms with E-state index in [1.54, 1.807) is 16.7 Å². The third-order valence-electron chi connectivity index (χ3n) is 4.54. The molecule has 2 aromatic carbocycles. The quantitative estimate of drug-likeness (QED) is 0.267. The van der Waals surface area contributed by atoms with Crippen molar-refractivity contribution in [1.82, 2.24) is 20.1 Å². The van der Waals surface area contributed by atoms with Gasteiger partial charge in [0, 0.05) is 17.8 Å². The number of benzene rings is 2. The molecule has 3 aromatic rings. The van der Waals surface area contributed by atoms with Crippen molar-refractivity contribution in [1.29, 1.82) is 0 Å². The van der Waals surface area contributed by atoms with Crippen LogP contribution in [0.15, 0.2) is 59.8 Å². The monoisotopic (exact) mass is 456 g/mol. The molecular formula is C23H25FN4O3S. The molecule has 0 fully saturated rings. The van der Waals surface area contributed by atoms with Gasteiger partial charge in [0.15, 0.2) is 17.6 Å². The van der Waals surface area contributed by atoms with Gasteiger partial charge in [-0.25, -0.2) is 4.39 Å². The van der Waals surface area contributed by atoms with E-state index in [0.717, 1.165) is 36.7 Å². The highest BCUT2D eigenvalue weighted by molar-refractivity contribution is 7.99. The Hall–Kier alpha value is -3.20. The van der Waals surface area contributed by atoms with Crippen LogP contribution >= 0.6 is 11.8 Å². The smallest absolute Gasteiger partial charge is 0.316 e. The maximum Gasteiger partial charge on any atom is 0.316 e. The Balaban J connectivity index is 1.64. The van der Waals surface area contributed by atoms with Crippen molar-refractivity contribution >= 4 is 23.6 Å². The minimum absolute atomic E-state index is 0.0303. The molecule has 1 heterocycles. The Morgan fingerprint density at radius 3 is 2.53 bits per heavy atom. The van der Waals surface area contributed by atoms with Gasteiger partial charge in [0.2, 0.25) is 0 Å². The van der Waals surface area contributed by atoms with Crippen molar-refractivity contribution in [3.63, 3.8) is 0 Å². The molecule has 9 heteroatoms. The molecule has 0 unspecified atom stereocenters. The van der Waals surface area contributed by atoms with Crippen molar-refractivity contribution in [3.05, 3.63) is 60.4 Å². The van der Waals surface area contributed by atoms with E-state index in [4.69, 9.17) is 4.74 Å². The van der Waals surface area contributed by atoms with Gasteiger partial charge >= 0.3 is 5.97 Å². The first kappa shape index (κ1) is 23.5. The van der Waals surface area contributed by atoms with Crippen LogP contribution in [-0.2, 0) is 14.3 Å². The predicted molar refractivity (Wildman–Crippen MR) is 121 cm³/mol. The minimum atomic E-state index is -0.523. The Labute approximate surface area is 190 Å².